The highest BCUT2D eigenvalue weighted by Gasteiger charge is 2.16. The Hall–Kier alpha value is -1.18. The van der Waals surface area contributed by atoms with E-state index in [1.165, 1.54) is 11.1 Å². The molecule has 1 heterocycles. The summed E-state index contributed by atoms with van der Waals surface area (Å²) in [5.41, 5.74) is 9.39. The van der Waals surface area contributed by atoms with Gasteiger partial charge in [-0.3, -0.25) is 0 Å². The molecular weight excluding hydrogens is 174 g/mol. The van der Waals surface area contributed by atoms with E-state index in [2.05, 4.69) is 26.0 Å². The summed E-state index contributed by atoms with van der Waals surface area (Å²) in [5.74, 6) is 1.40. The van der Waals surface area contributed by atoms with Crippen LogP contribution in [-0.4, -0.2) is 6.61 Å². The number of hydrogen-bond acceptors (Lipinski definition) is 2. The van der Waals surface area contributed by atoms with Gasteiger partial charge in [0, 0.05) is 0 Å². The number of anilines is 1. The minimum atomic E-state index is 0.464. The van der Waals surface area contributed by atoms with Gasteiger partial charge < -0.3 is 10.5 Å². The summed E-state index contributed by atoms with van der Waals surface area (Å²) in [4.78, 5) is 0. The summed E-state index contributed by atoms with van der Waals surface area (Å²) in [6.45, 7) is 5.11. The van der Waals surface area contributed by atoms with Gasteiger partial charge in [-0.2, -0.15) is 0 Å². The molecule has 0 aliphatic carbocycles. The third kappa shape index (κ3) is 1.45. The van der Waals surface area contributed by atoms with E-state index in [9.17, 15) is 0 Å². The predicted molar refractivity (Wildman–Crippen MR) is 58.8 cm³/mol. The molecule has 2 rings (SSSR count). The molecule has 76 valence electrons. The number of benzene rings is 1. The zero-order valence-electron chi connectivity index (χ0n) is 8.84. The Balaban J connectivity index is 2.49. The molecule has 0 radical (unpaired) electrons. The molecule has 14 heavy (non-hydrogen) atoms. The lowest BCUT2D eigenvalue weighted by atomic mass is 9.96. The number of nitrogens with two attached hydrogens (primary N) is 1. The zero-order chi connectivity index (χ0) is 10.1. The number of aryl methyl sites for hydroxylation is 1. The van der Waals surface area contributed by atoms with Crippen LogP contribution in [0.25, 0.3) is 0 Å². The van der Waals surface area contributed by atoms with Crippen LogP contribution in [0.2, 0.25) is 0 Å². The van der Waals surface area contributed by atoms with Gasteiger partial charge >= 0.3 is 0 Å². The third-order valence-electron chi connectivity index (χ3n) is 2.77. The molecule has 0 fully saturated rings. The maximum atomic E-state index is 6.08. The largest absolute Gasteiger partial charge is 0.491 e. The van der Waals surface area contributed by atoms with E-state index in [-0.39, 0.29) is 0 Å². The lowest BCUT2D eigenvalue weighted by Gasteiger charge is -2.21. The average Bonchev–Trinajstić information content (AvgIpc) is 2.18. The van der Waals surface area contributed by atoms with Crippen molar-refractivity contribution in [3.05, 3.63) is 23.3 Å². The number of rotatable bonds is 1. The van der Waals surface area contributed by atoms with Crippen molar-refractivity contribution in [1.29, 1.82) is 0 Å². The van der Waals surface area contributed by atoms with Crippen LogP contribution in [0.4, 0.5) is 5.69 Å². The third-order valence-corrected chi connectivity index (χ3v) is 2.77. The minimum absolute atomic E-state index is 0.464. The molecule has 1 aromatic carbocycles. The van der Waals surface area contributed by atoms with Gasteiger partial charge in [0.2, 0.25) is 0 Å². The fourth-order valence-electron chi connectivity index (χ4n) is 1.97. The summed E-state index contributed by atoms with van der Waals surface area (Å²) in [5, 5.41) is 0. The average molecular weight is 191 g/mol. The van der Waals surface area contributed by atoms with E-state index < -0.39 is 0 Å². The Morgan fingerprint density at radius 1 is 1.36 bits per heavy atom. The number of fused-ring (bicyclic) bond motifs is 1. The topological polar surface area (TPSA) is 35.2 Å². The van der Waals surface area contributed by atoms with Crippen LogP contribution in [-0.2, 0) is 6.42 Å². The van der Waals surface area contributed by atoms with Gasteiger partial charge in [-0.1, -0.05) is 26.0 Å². The predicted octanol–water partition coefficient (Wildman–Crippen LogP) is 2.72. The maximum absolute atomic E-state index is 6.08. The van der Waals surface area contributed by atoms with Gasteiger partial charge in [-0.05, 0) is 29.9 Å². The molecule has 0 spiro atoms. The van der Waals surface area contributed by atoms with Gasteiger partial charge in [0.05, 0.1) is 12.3 Å². The molecule has 0 saturated heterocycles. The quantitative estimate of drug-likeness (QED) is 0.693. The minimum Gasteiger partial charge on any atom is -0.491 e. The van der Waals surface area contributed by atoms with E-state index in [4.69, 9.17) is 10.5 Å². The van der Waals surface area contributed by atoms with Gasteiger partial charge in [0.15, 0.2) is 0 Å². The first kappa shape index (κ1) is 9.38. The lowest BCUT2D eigenvalue weighted by molar-refractivity contribution is 0.290. The van der Waals surface area contributed by atoms with Gasteiger partial charge in [0.1, 0.15) is 5.75 Å². The van der Waals surface area contributed by atoms with Crippen LogP contribution in [0.3, 0.4) is 0 Å². The summed E-state index contributed by atoms with van der Waals surface area (Å²) < 4.78 is 5.62. The normalized spacial score (nSPS) is 15.1. The highest BCUT2D eigenvalue weighted by molar-refractivity contribution is 5.63. The molecule has 2 heteroatoms. The molecule has 0 unspecified atom stereocenters. The second-order valence-electron chi connectivity index (χ2n) is 4.16. The van der Waals surface area contributed by atoms with Crippen LogP contribution in [0.1, 0.15) is 37.3 Å². The van der Waals surface area contributed by atoms with Crippen molar-refractivity contribution in [2.24, 2.45) is 0 Å². The summed E-state index contributed by atoms with van der Waals surface area (Å²) in [7, 11) is 0. The highest BCUT2D eigenvalue weighted by atomic mass is 16.5. The Kier molecular flexibility index (Phi) is 2.36. The fraction of sp³-hybridized carbons (Fsp3) is 0.500. The van der Waals surface area contributed by atoms with Crippen molar-refractivity contribution in [2.75, 3.05) is 12.3 Å². The van der Waals surface area contributed by atoms with Crippen molar-refractivity contribution < 1.29 is 4.74 Å². The summed E-state index contributed by atoms with van der Waals surface area (Å²) in [6, 6.07) is 4.29. The second-order valence-corrected chi connectivity index (χ2v) is 4.16. The smallest absolute Gasteiger partial charge is 0.145 e. The van der Waals surface area contributed by atoms with Crippen molar-refractivity contribution >= 4 is 5.69 Å². The van der Waals surface area contributed by atoms with Gasteiger partial charge in [0.25, 0.3) is 0 Å². The number of ether oxygens (including phenoxy) is 1. The van der Waals surface area contributed by atoms with Crippen LogP contribution in [0.15, 0.2) is 12.1 Å². The lowest BCUT2D eigenvalue weighted by Crippen LogP contribution is -2.12. The molecule has 1 aromatic rings. The SMILES string of the molecule is CC(C)c1ccc2c(c1N)OCCC2. The summed E-state index contributed by atoms with van der Waals surface area (Å²) >= 11 is 0. The van der Waals surface area contributed by atoms with Crippen LogP contribution in [0, 0.1) is 0 Å². The molecule has 0 amide bonds. The van der Waals surface area contributed by atoms with Crippen molar-refractivity contribution in [3.8, 4) is 5.75 Å². The Morgan fingerprint density at radius 2 is 2.14 bits per heavy atom. The van der Waals surface area contributed by atoms with E-state index in [1.807, 2.05) is 0 Å². The molecule has 0 bridgehead atoms. The van der Waals surface area contributed by atoms with Crippen molar-refractivity contribution in [3.63, 3.8) is 0 Å². The van der Waals surface area contributed by atoms with Gasteiger partial charge in [-0.25, -0.2) is 0 Å². The molecular formula is C12H17NO. The fourth-order valence-corrected chi connectivity index (χ4v) is 1.97. The van der Waals surface area contributed by atoms with E-state index in [0.717, 1.165) is 30.9 Å². The van der Waals surface area contributed by atoms with E-state index in [0.29, 0.717) is 5.92 Å². The molecule has 2 nitrogen and oxygen atoms in total. The van der Waals surface area contributed by atoms with Crippen LogP contribution < -0.4 is 10.5 Å². The molecule has 1 aliphatic heterocycles. The molecule has 0 atom stereocenters. The first-order valence-corrected chi connectivity index (χ1v) is 5.24. The monoisotopic (exact) mass is 191 g/mol. The molecule has 0 saturated carbocycles. The highest BCUT2D eigenvalue weighted by Crippen LogP contribution is 2.36. The first-order chi connectivity index (χ1) is 6.70. The first-order valence-electron chi connectivity index (χ1n) is 5.24. The number of nitrogen functional groups attached to an aromatic ring is 1. The standard InChI is InChI=1S/C12H17NO/c1-8(2)10-6-5-9-4-3-7-14-12(9)11(10)13/h5-6,8H,3-4,7,13H2,1-2H3. The Labute approximate surface area is 85.1 Å². The van der Waals surface area contributed by atoms with Crippen molar-refractivity contribution in [2.45, 2.75) is 32.6 Å². The Bertz CT molecular complexity index is 344. The number of hydrogen-bond donors (Lipinski definition) is 1. The second kappa shape index (κ2) is 3.52. The maximum Gasteiger partial charge on any atom is 0.145 e. The van der Waals surface area contributed by atoms with E-state index >= 15 is 0 Å². The molecule has 2 N–H and O–H groups in total. The van der Waals surface area contributed by atoms with Crippen LogP contribution in [0.5, 0.6) is 5.75 Å². The van der Waals surface area contributed by atoms with E-state index in [1.54, 1.807) is 0 Å². The zero-order valence-corrected chi connectivity index (χ0v) is 8.84. The van der Waals surface area contributed by atoms with Crippen molar-refractivity contribution in [1.82, 2.24) is 0 Å². The summed E-state index contributed by atoms with van der Waals surface area (Å²) in [6.07, 6.45) is 2.20. The van der Waals surface area contributed by atoms with Gasteiger partial charge in [-0.15, -0.1) is 0 Å². The molecule has 0 aromatic heterocycles. The Morgan fingerprint density at radius 3 is 2.86 bits per heavy atom. The van der Waals surface area contributed by atoms with Crippen LogP contribution >= 0.6 is 0 Å². The molecule has 1 aliphatic rings.